The van der Waals surface area contributed by atoms with Crippen LogP contribution in [0.25, 0.3) is 0 Å². The Morgan fingerprint density at radius 2 is 1.61 bits per heavy atom. The monoisotopic (exact) mass is 251 g/mol. The molecule has 2 fully saturated rings. The third-order valence-corrected chi connectivity index (χ3v) is 4.99. The maximum atomic E-state index is 3.93. The van der Waals surface area contributed by atoms with Gasteiger partial charge < -0.3 is 5.32 Å². The third kappa shape index (κ3) is 3.98. The van der Waals surface area contributed by atoms with E-state index < -0.39 is 0 Å². The Morgan fingerprint density at radius 3 is 2.06 bits per heavy atom. The zero-order valence-electron chi connectivity index (χ0n) is 13.2. The quantitative estimate of drug-likeness (QED) is 0.759. The number of nitrogens with one attached hydrogen (secondary N) is 1. The van der Waals surface area contributed by atoms with Crippen molar-refractivity contribution in [1.29, 1.82) is 0 Å². The van der Waals surface area contributed by atoms with Gasteiger partial charge >= 0.3 is 0 Å². The number of rotatable bonds is 4. The molecule has 2 aliphatic rings. The molecule has 1 atom stereocenters. The minimum absolute atomic E-state index is 0.510. The van der Waals surface area contributed by atoms with Crippen LogP contribution in [0.15, 0.2) is 0 Å². The first-order valence-corrected chi connectivity index (χ1v) is 8.02. The van der Waals surface area contributed by atoms with Crippen LogP contribution in [0.1, 0.15) is 79.6 Å². The zero-order chi connectivity index (χ0) is 13.4. The average Bonchev–Trinajstić information content (AvgIpc) is 2.05. The molecule has 1 unspecified atom stereocenters. The highest BCUT2D eigenvalue weighted by molar-refractivity contribution is 4.93. The van der Waals surface area contributed by atoms with Crippen LogP contribution in [0, 0.1) is 16.7 Å². The van der Waals surface area contributed by atoms with Crippen molar-refractivity contribution in [3.05, 3.63) is 0 Å². The van der Waals surface area contributed by atoms with Crippen molar-refractivity contribution in [2.24, 2.45) is 16.7 Å². The van der Waals surface area contributed by atoms with Crippen LogP contribution in [0.5, 0.6) is 0 Å². The average molecular weight is 251 g/mol. The van der Waals surface area contributed by atoms with Crippen molar-refractivity contribution in [3.63, 3.8) is 0 Å². The number of hydrogen-bond donors (Lipinski definition) is 1. The molecule has 0 aromatic heterocycles. The Hall–Kier alpha value is -0.0400. The molecule has 0 heterocycles. The van der Waals surface area contributed by atoms with Crippen molar-refractivity contribution in [3.8, 4) is 0 Å². The summed E-state index contributed by atoms with van der Waals surface area (Å²) in [5, 5.41) is 3.93. The van der Waals surface area contributed by atoms with E-state index in [4.69, 9.17) is 0 Å². The smallest absolute Gasteiger partial charge is 0.00797 e. The molecule has 0 aromatic rings. The molecule has 2 aliphatic carbocycles. The highest BCUT2D eigenvalue weighted by atomic mass is 15.0. The van der Waals surface area contributed by atoms with Crippen LogP contribution in [-0.4, -0.2) is 12.1 Å². The molecular weight excluding hydrogens is 218 g/mol. The summed E-state index contributed by atoms with van der Waals surface area (Å²) in [5.74, 6) is 1.03. The minimum atomic E-state index is 0.510. The Kier molecular flexibility index (Phi) is 4.11. The first-order valence-electron chi connectivity index (χ1n) is 8.02. The fourth-order valence-corrected chi connectivity index (χ4v) is 4.66. The summed E-state index contributed by atoms with van der Waals surface area (Å²) in [6.07, 6.45) is 9.91. The summed E-state index contributed by atoms with van der Waals surface area (Å²) in [4.78, 5) is 0. The van der Waals surface area contributed by atoms with Gasteiger partial charge in [-0.1, -0.05) is 47.0 Å². The Bertz CT molecular complexity index is 259. The van der Waals surface area contributed by atoms with Gasteiger partial charge in [-0.2, -0.15) is 0 Å². The van der Waals surface area contributed by atoms with Gasteiger partial charge in [-0.05, 0) is 49.4 Å². The van der Waals surface area contributed by atoms with Gasteiger partial charge in [0.25, 0.3) is 0 Å². The lowest BCUT2D eigenvalue weighted by Gasteiger charge is -2.46. The van der Waals surface area contributed by atoms with Crippen LogP contribution in [0.3, 0.4) is 0 Å². The Balaban J connectivity index is 1.83. The summed E-state index contributed by atoms with van der Waals surface area (Å²) in [7, 11) is 0. The fourth-order valence-electron chi connectivity index (χ4n) is 4.66. The van der Waals surface area contributed by atoms with Gasteiger partial charge in [0.05, 0.1) is 0 Å². The largest absolute Gasteiger partial charge is 0.311 e. The van der Waals surface area contributed by atoms with Gasteiger partial charge in [-0.15, -0.1) is 0 Å². The molecule has 106 valence electrons. The van der Waals surface area contributed by atoms with Crippen LogP contribution >= 0.6 is 0 Å². The van der Waals surface area contributed by atoms with Gasteiger partial charge in [-0.25, -0.2) is 0 Å². The van der Waals surface area contributed by atoms with Crippen molar-refractivity contribution in [1.82, 2.24) is 5.32 Å². The van der Waals surface area contributed by atoms with Gasteiger partial charge in [0, 0.05) is 12.1 Å². The molecule has 0 aromatic carbocycles. The van der Waals surface area contributed by atoms with E-state index in [1.165, 1.54) is 44.9 Å². The lowest BCUT2D eigenvalue weighted by molar-refractivity contribution is 0.0784. The molecule has 1 nitrogen and oxygen atoms in total. The summed E-state index contributed by atoms with van der Waals surface area (Å²) in [6, 6.07) is 1.45. The summed E-state index contributed by atoms with van der Waals surface area (Å²) < 4.78 is 0. The standard InChI is InChI=1S/C17H33N/c1-13(9-14-7-6-8-14)18-15-10-16(2,3)12-17(4,5)11-15/h13-15,18H,6-12H2,1-5H3. The van der Waals surface area contributed by atoms with Crippen molar-refractivity contribution in [2.45, 2.75) is 91.6 Å². The van der Waals surface area contributed by atoms with Gasteiger partial charge in [-0.3, -0.25) is 0 Å². The third-order valence-electron chi connectivity index (χ3n) is 4.99. The normalized spacial score (nSPS) is 29.8. The lowest BCUT2D eigenvalue weighted by Crippen LogP contribution is -2.47. The van der Waals surface area contributed by atoms with Crippen LogP contribution in [0.4, 0.5) is 0 Å². The van der Waals surface area contributed by atoms with E-state index in [1.807, 2.05) is 0 Å². The topological polar surface area (TPSA) is 12.0 Å². The second kappa shape index (κ2) is 5.15. The highest BCUT2D eigenvalue weighted by Crippen LogP contribution is 2.45. The van der Waals surface area contributed by atoms with E-state index >= 15 is 0 Å². The zero-order valence-corrected chi connectivity index (χ0v) is 13.2. The van der Waals surface area contributed by atoms with E-state index in [1.54, 1.807) is 0 Å². The molecule has 0 saturated heterocycles. The predicted octanol–water partition coefficient (Wildman–Crippen LogP) is 4.76. The maximum absolute atomic E-state index is 3.93. The van der Waals surface area contributed by atoms with Gasteiger partial charge in [0.1, 0.15) is 0 Å². The first-order chi connectivity index (χ1) is 8.26. The molecule has 0 bridgehead atoms. The Labute approximate surface area is 114 Å². The molecular formula is C17H33N. The SMILES string of the molecule is CC(CC1CCC1)NC1CC(C)(C)CC(C)(C)C1. The van der Waals surface area contributed by atoms with Crippen molar-refractivity contribution < 1.29 is 0 Å². The molecule has 0 amide bonds. The first kappa shape index (κ1) is 14.4. The molecule has 0 aliphatic heterocycles. The van der Waals surface area contributed by atoms with Gasteiger partial charge in [0.2, 0.25) is 0 Å². The molecule has 18 heavy (non-hydrogen) atoms. The summed E-state index contributed by atoms with van der Waals surface area (Å²) >= 11 is 0. The molecule has 2 rings (SSSR count). The Morgan fingerprint density at radius 1 is 1.06 bits per heavy atom. The van der Waals surface area contributed by atoms with E-state index in [-0.39, 0.29) is 0 Å². The van der Waals surface area contributed by atoms with E-state index in [0.717, 1.165) is 12.0 Å². The van der Waals surface area contributed by atoms with E-state index in [2.05, 4.69) is 39.9 Å². The molecule has 1 heteroatoms. The van der Waals surface area contributed by atoms with Crippen LogP contribution in [0.2, 0.25) is 0 Å². The predicted molar refractivity (Wildman–Crippen MR) is 79.8 cm³/mol. The highest BCUT2D eigenvalue weighted by Gasteiger charge is 2.38. The minimum Gasteiger partial charge on any atom is -0.311 e. The second-order valence-electron chi connectivity index (χ2n) is 8.71. The number of hydrogen-bond acceptors (Lipinski definition) is 1. The van der Waals surface area contributed by atoms with Crippen LogP contribution in [-0.2, 0) is 0 Å². The lowest BCUT2D eigenvalue weighted by atomic mass is 9.63. The van der Waals surface area contributed by atoms with Crippen LogP contribution < -0.4 is 5.32 Å². The fraction of sp³-hybridized carbons (Fsp3) is 1.00. The summed E-state index contributed by atoms with van der Waals surface area (Å²) in [5.41, 5.74) is 1.02. The van der Waals surface area contributed by atoms with E-state index in [9.17, 15) is 0 Å². The van der Waals surface area contributed by atoms with Gasteiger partial charge in [0.15, 0.2) is 0 Å². The summed E-state index contributed by atoms with van der Waals surface area (Å²) in [6.45, 7) is 12.2. The van der Waals surface area contributed by atoms with E-state index in [0.29, 0.717) is 16.9 Å². The second-order valence-corrected chi connectivity index (χ2v) is 8.71. The molecule has 0 spiro atoms. The molecule has 0 radical (unpaired) electrons. The van der Waals surface area contributed by atoms with Crippen molar-refractivity contribution in [2.75, 3.05) is 0 Å². The van der Waals surface area contributed by atoms with Crippen molar-refractivity contribution >= 4 is 0 Å². The molecule has 2 saturated carbocycles. The molecule has 1 N–H and O–H groups in total. The maximum Gasteiger partial charge on any atom is 0.00797 e.